The molecule has 2 rings (SSSR count). The summed E-state index contributed by atoms with van der Waals surface area (Å²) in [5, 5.41) is 2.76. The van der Waals surface area contributed by atoms with Gasteiger partial charge in [0.15, 0.2) is 6.61 Å². The number of rotatable bonds is 6. The summed E-state index contributed by atoms with van der Waals surface area (Å²) in [6, 6.07) is 6.32. The van der Waals surface area contributed by atoms with Gasteiger partial charge in [0, 0.05) is 18.7 Å². The zero-order chi connectivity index (χ0) is 14.4. The van der Waals surface area contributed by atoms with Crippen LogP contribution in [0.4, 0.5) is 0 Å². The average Bonchev–Trinajstić information content (AvgIpc) is 2.96. The summed E-state index contributed by atoms with van der Waals surface area (Å²) in [7, 11) is 0. The number of hydrogen-bond donors (Lipinski definition) is 2. The van der Waals surface area contributed by atoms with Crippen LogP contribution in [0.3, 0.4) is 0 Å². The van der Waals surface area contributed by atoms with Crippen molar-refractivity contribution in [3.8, 4) is 5.75 Å². The molecular formula is C14H18N2O4. The van der Waals surface area contributed by atoms with E-state index in [0.29, 0.717) is 17.9 Å². The first-order valence-electron chi connectivity index (χ1n) is 6.56. The van der Waals surface area contributed by atoms with E-state index in [4.69, 9.17) is 15.2 Å². The number of hydrogen-bond acceptors (Lipinski definition) is 4. The predicted molar refractivity (Wildman–Crippen MR) is 72.4 cm³/mol. The molecule has 1 aliphatic rings. The highest BCUT2D eigenvalue weighted by Crippen LogP contribution is 2.12. The summed E-state index contributed by atoms with van der Waals surface area (Å²) in [4.78, 5) is 22.5. The van der Waals surface area contributed by atoms with E-state index in [-0.39, 0.29) is 18.6 Å². The largest absolute Gasteiger partial charge is 0.484 e. The lowest BCUT2D eigenvalue weighted by Crippen LogP contribution is -2.35. The molecule has 1 aliphatic heterocycles. The van der Waals surface area contributed by atoms with E-state index in [1.165, 1.54) is 0 Å². The number of ether oxygens (including phenoxy) is 2. The van der Waals surface area contributed by atoms with Crippen LogP contribution in [-0.2, 0) is 9.53 Å². The molecule has 0 saturated carbocycles. The third kappa shape index (κ3) is 4.24. The number of benzene rings is 1. The molecular weight excluding hydrogens is 260 g/mol. The Bertz CT molecular complexity index is 467. The lowest BCUT2D eigenvalue weighted by molar-refractivity contribution is -0.123. The predicted octanol–water partition coefficient (Wildman–Crippen LogP) is 0.460. The molecule has 1 atom stereocenters. The maximum atomic E-state index is 11.6. The normalized spacial score (nSPS) is 17.7. The number of carbonyl (C=O) groups is 2. The van der Waals surface area contributed by atoms with Gasteiger partial charge in [0.05, 0.1) is 6.10 Å². The van der Waals surface area contributed by atoms with Gasteiger partial charge in [-0.25, -0.2) is 0 Å². The minimum absolute atomic E-state index is 0.0668. The monoisotopic (exact) mass is 278 g/mol. The lowest BCUT2D eigenvalue weighted by Gasteiger charge is -2.11. The molecule has 20 heavy (non-hydrogen) atoms. The van der Waals surface area contributed by atoms with Gasteiger partial charge in [-0.2, -0.15) is 0 Å². The second-order valence-corrected chi connectivity index (χ2v) is 4.62. The van der Waals surface area contributed by atoms with Gasteiger partial charge in [-0.15, -0.1) is 0 Å². The minimum Gasteiger partial charge on any atom is -0.484 e. The molecule has 0 radical (unpaired) electrons. The van der Waals surface area contributed by atoms with Crippen LogP contribution in [-0.4, -0.2) is 37.7 Å². The highest BCUT2D eigenvalue weighted by atomic mass is 16.5. The summed E-state index contributed by atoms with van der Waals surface area (Å²) in [5.41, 5.74) is 5.53. The van der Waals surface area contributed by atoms with Gasteiger partial charge in [0.2, 0.25) is 5.91 Å². The van der Waals surface area contributed by atoms with E-state index in [9.17, 15) is 9.59 Å². The quantitative estimate of drug-likeness (QED) is 0.791. The summed E-state index contributed by atoms with van der Waals surface area (Å²) in [6.45, 7) is 1.22. The third-order valence-corrected chi connectivity index (χ3v) is 3.06. The van der Waals surface area contributed by atoms with Gasteiger partial charge >= 0.3 is 0 Å². The molecule has 0 spiro atoms. The van der Waals surface area contributed by atoms with Crippen molar-refractivity contribution < 1.29 is 19.1 Å². The Balaban J connectivity index is 1.70. The van der Waals surface area contributed by atoms with Crippen LogP contribution in [0.5, 0.6) is 5.75 Å². The molecule has 1 aromatic carbocycles. The molecule has 1 aromatic rings. The third-order valence-electron chi connectivity index (χ3n) is 3.06. The Morgan fingerprint density at radius 1 is 1.35 bits per heavy atom. The van der Waals surface area contributed by atoms with Gasteiger partial charge in [-0.1, -0.05) is 0 Å². The minimum atomic E-state index is -0.495. The summed E-state index contributed by atoms with van der Waals surface area (Å²) in [6.07, 6.45) is 2.15. The number of amides is 2. The smallest absolute Gasteiger partial charge is 0.258 e. The fraction of sp³-hybridized carbons (Fsp3) is 0.429. The molecule has 0 aliphatic carbocycles. The van der Waals surface area contributed by atoms with E-state index in [1.54, 1.807) is 24.3 Å². The first kappa shape index (κ1) is 14.3. The molecule has 1 fully saturated rings. The number of primary amides is 1. The van der Waals surface area contributed by atoms with E-state index in [0.717, 1.165) is 19.4 Å². The van der Waals surface area contributed by atoms with Crippen LogP contribution < -0.4 is 15.8 Å². The van der Waals surface area contributed by atoms with Gasteiger partial charge in [-0.3, -0.25) is 9.59 Å². The van der Waals surface area contributed by atoms with Crippen LogP contribution in [0.25, 0.3) is 0 Å². The van der Waals surface area contributed by atoms with Gasteiger partial charge in [0.25, 0.3) is 5.91 Å². The topological polar surface area (TPSA) is 90.7 Å². The molecule has 1 heterocycles. The molecule has 6 heteroatoms. The first-order chi connectivity index (χ1) is 9.65. The summed E-state index contributed by atoms with van der Waals surface area (Å²) in [5.74, 6) is -0.174. The van der Waals surface area contributed by atoms with Crippen molar-refractivity contribution >= 4 is 11.8 Å². The second kappa shape index (κ2) is 6.91. The van der Waals surface area contributed by atoms with Crippen LogP contribution in [0.15, 0.2) is 24.3 Å². The van der Waals surface area contributed by atoms with Crippen molar-refractivity contribution in [1.82, 2.24) is 5.32 Å². The zero-order valence-electron chi connectivity index (χ0n) is 11.1. The molecule has 6 nitrogen and oxygen atoms in total. The maximum Gasteiger partial charge on any atom is 0.258 e. The molecule has 108 valence electrons. The Hall–Kier alpha value is -2.08. The molecule has 1 saturated heterocycles. The van der Waals surface area contributed by atoms with Crippen molar-refractivity contribution in [2.75, 3.05) is 19.8 Å². The van der Waals surface area contributed by atoms with Crippen LogP contribution in [0.2, 0.25) is 0 Å². The van der Waals surface area contributed by atoms with E-state index >= 15 is 0 Å². The Morgan fingerprint density at radius 3 is 2.70 bits per heavy atom. The zero-order valence-corrected chi connectivity index (χ0v) is 11.1. The Morgan fingerprint density at radius 2 is 2.10 bits per heavy atom. The SMILES string of the molecule is NC(=O)c1ccc(OCC(=O)NC[C@H]2CCCO2)cc1. The van der Waals surface area contributed by atoms with E-state index in [2.05, 4.69) is 5.32 Å². The van der Waals surface area contributed by atoms with Crippen molar-refractivity contribution in [2.45, 2.75) is 18.9 Å². The van der Waals surface area contributed by atoms with Gasteiger partial charge < -0.3 is 20.5 Å². The average molecular weight is 278 g/mol. The molecule has 0 bridgehead atoms. The Labute approximate surface area is 117 Å². The molecule has 2 amide bonds. The van der Waals surface area contributed by atoms with Crippen LogP contribution >= 0.6 is 0 Å². The van der Waals surface area contributed by atoms with Crippen molar-refractivity contribution in [2.24, 2.45) is 5.73 Å². The summed E-state index contributed by atoms with van der Waals surface area (Å²) < 4.78 is 10.7. The van der Waals surface area contributed by atoms with Crippen LogP contribution in [0.1, 0.15) is 23.2 Å². The number of carbonyl (C=O) groups excluding carboxylic acids is 2. The highest BCUT2D eigenvalue weighted by Gasteiger charge is 2.16. The first-order valence-corrected chi connectivity index (χ1v) is 6.56. The van der Waals surface area contributed by atoms with Gasteiger partial charge in [0.1, 0.15) is 5.75 Å². The maximum absolute atomic E-state index is 11.6. The molecule has 3 N–H and O–H groups in total. The number of nitrogens with two attached hydrogens (primary N) is 1. The summed E-state index contributed by atoms with van der Waals surface area (Å²) >= 11 is 0. The van der Waals surface area contributed by atoms with Crippen molar-refractivity contribution in [3.63, 3.8) is 0 Å². The van der Waals surface area contributed by atoms with E-state index in [1.807, 2.05) is 0 Å². The standard InChI is InChI=1S/C14H18N2O4/c15-14(18)10-3-5-11(6-4-10)20-9-13(17)16-8-12-2-1-7-19-12/h3-6,12H,1-2,7-9H2,(H2,15,18)(H,16,17)/t12-/m1/s1. The number of nitrogens with one attached hydrogen (secondary N) is 1. The van der Waals surface area contributed by atoms with Crippen molar-refractivity contribution in [1.29, 1.82) is 0 Å². The van der Waals surface area contributed by atoms with Crippen molar-refractivity contribution in [3.05, 3.63) is 29.8 Å². The fourth-order valence-corrected chi connectivity index (χ4v) is 1.95. The van der Waals surface area contributed by atoms with Gasteiger partial charge in [-0.05, 0) is 37.1 Å². The van der Waals surface area contributed by atoms with Crippen LogP contribution in [0, 0.1) is 0 Å². The second-order valence-electron chi connectivity index (χ2n) is 4.62. The highest BCUT2D eigenvalue weighted by molar-refractivity contribution is 5.92. The van der Waals surface area contributed by atoms with E-state index < -0.39 is 5.91 Å². The fourth-order valence-electron chi connectivity index (χ4n) is 1.95. The molecule has 0 aromatic heterocycles. The lowest BCUT2D eigenvalue weighted by atomic mass is 10.2. The molecule has 0 unspecified atom stereocenters. The Kier molecular flexibility index (Phi) is 4.95.